The van der Waals surface area contributed by atoms with E-state index in [9.17, 15) is 19.5 Å². The van der Waals surface area contributed by atoms with E-state index in [1.54, 1.807) is 13.8 Å². The predicted molar refractivity (Wildman–Crippen MR) is 123 cm³/mol. The molecule has 0 aliphatic carbocycles. The van der Waals surface area contributed by atoms with Crippen molar-refractivity contribution in [1.29, 1.82) is 0 Å². The van der Waals surface area contributed by atoms with E-state index in [0.29, 0.717) is 32.4 Å². The lowest BCUT2D eigenvalue weighted by Gasteiger charge is -2.29. The van der Waals surface area contributed by atoms with Gasteiger partial charge in [0.1, 0.15) is 12.1 Å². The van der Waals surface area contributed by atoms with Crippen molar-refractivity contribution in [3.8, 4) is 0 Å². The van der Waals surface area contributed by atoms with Gasteiger partial charge in [-0.05, 0) is 57.9 Å². The van der Waals surface area contributed by atoms with Crippen molar-refractivity contribution in [2.75, 3.05) is 19.8 Å². The highest BCUT2D eigenvalue weighted by atomic mass is 16.5. The van der Waals surface area contributed by atoms with E-state index < -0.39 is 30.1 Å². The highest BCUT2D eigenvalue weighted by Crippen LogP contribution is 2.32. The summed E-state index contributed by atoms with van der Waals surface area (Å²) in [6.45, 7) is 4.73. The number of aryl methyl sites for hydroxylation is 1. The molecule has 1 aromatic rings. The zero-order valence-electron chi connectivity index (χ0n) is 19.6. The molecule has 0 aromatic heterocycles. The van der Waals surface area contributed by atoms with Crippen LogP contribution in [-0.2, 0) is 30.3 Å². The van der Waals surface area contributed by atoms with Gasteiger partial charge in [0.15, 0.2) is 0 Å². The first-order valence-electron chi connectivity index (χ1n) is 12.0. The Hall–Kier alpha value is -2.45. The summed E-state index contributed by atoms with van der Waals surface area (Å²) in [5.41, 5.74) is 1.09. The summed E-state index contributed by atoms with van der Waals surface area (Å²) < 4.78 is 11.1. The van der Waals surface area contributed by atoms with Crippen LogP contribution in [0.4, 0.5) is 0 Å². The molecule has 182 valence electrons. The van der Waals surface area contributed by atoms with Gasteiger partial charge in [-0.15, -0.1) is 0 Å². The first-order chi connectivity index (χ1) is 15.9. The number of nitrogens with one attached hydrogen (secondary N) is 1. The van der Waals surface area contributed by atoms with Gasteiger partial charge in [0.2, 0.25) is 5.91 Å². The molecule has 0 saturated carbocycles. The summed E-state index contributed by atoms with van der Waals surface area (Å²) in [5.74, 6) is -1.70. The lowest BCUT2D eigenvalue weighted by molar-refractivity contribution is -0.150. The monoisotopic (exact) mass is 460 g/mol. The van der Waals surface area contributed by atoms with Gasteiger partial charge >= 0.3 is 11.9 Å². The first-order valence-corrected chi connectivity index (χ1v) is 12.0. The van der Waals surface area contributed by atoms with Crippen LogP contribution in [0, 0.1) is 5.92 Å². The molecule has 5 atom stereocenters. The molecule has 1 amide bonds. The lowest BCUT2D eigenvalue weighted by Crippen LogP contribution is -2.53. The van der Waals surface area contributed by atoms with Crippen LogP contribution in [0.25, 0.3) is 0 Å². The Kier molecular flexibility index (Phi) is 9.26. The van der Waals surface area contributed by atoms with Gasteiger partial charge in [0.05, 0.1) is 18.8 Å². The van der Waals surface area contributed by atoms with Crippen molar-refractivity contribution < 1.29 is 29.0 Å². The van der Waals surface area contributed by atoms with Gasteiger partial charge in [-0.1, -0.05) is 30.3 Å². The van der Waals surface area contributed by atoms with E-state index in [1.807, 2.05) is 30.3 Å². The van der Waals surface area contributed by atoms with Gasteiger partial charge in [0.25, 0.3) is 0 Å². The number of carboxylic acid groups (broad SMARTS) is 1. The molecule has 0 radical (unpaired) electrons. The van der Waals surface area contributed by atoms with Crippen LogP contribution in [0.15, 0.2) is 30.3 Å². The molecule has 2 aliphatic rings. The fourth-order valence-corrected chi connectivity index (χ4v) is 4.84. The molecule has 3 unspecified atom stereocenters. The number of rotatable bonds is 10. The number of amides is 1. The molecular weight excluding hydrogens is 424 g/mol. The zero-order valence-corrected chi connectivity index (χ0v) is 19.6. The number of carbonyl (C=O) groups excluding carboxylic acids is 2. The molecule has 2 aliphatic heterocycles. The SMILES string of the molecule is CCOC(=O)C(CCc1ccccc1)N[C@@H](C)C(=O)N1CC(C2CCCCO2)C[C@H]1C(=O)O. The van der Waals surface area contributed by atoms with Gasteiger partial charge in [-0.2, -0.15) is 0 Å². The number of likely N-dealkylation sites (tertiary alicyclic amines) is 1. The van der Waals surface area contributed by atoms with Gasteiger partial charge in [0, 0.05) is 19.1 Å². The van der Waals surface area contributed by atoms with Gasteiger partial charge < -0.3 is 19.5 Å². The molecule has 2 N–H and O–H groups in total. The number of aliphatic carboxylic acids is 1. The maximum Gasteiger partial charge on any atom is 0.326 e. The number of carbonyl (C=O) groups is 3. The van der Waals surface area contributed by atoms with Crippen LogP contribution in [0.3, 0.4) is 0 Å². The maximum absolute atomic E-state index is 13.3. The molecular formula is C25H36N2O6. The number of carboxylic acids is 1. The number of esters is 1. The molecule has 2 saturated heterocycles. The second-order valence-electron chi connectivity index (χ2n) is 8.96. The zero-order chi connectivity index (χ0) is 23.8. The molecule has 0 spiro atoms. The van der Waals surface area contributed by atoms with Crippen molar-refractivity contribution in [2.45, 2.75) is 76.6 Å². The first kappa shape index (κ1) is 25.2. The third-order valence-corrected chi connectivity index (χ3v) is 6.60. The molecule has 1 aromatic carbocycles. The highest BCUT2D eigenvalue weighted by Gasteiger charge is 2.44. The van der Waals surface area contributed by atoms with Crippen molar-refractivity contribution in [2.24, 2.45) is 5.92 Å². The number of nitrogens with zero attached hydrogens (tertiary/aromatic N) is 1. The van der Waals surface area contributed by atoms with Crippen LogP contribution in [-0.4, -0.2) is 71.8 Å². The largest absolute Gasteiger partial charge is 0.480 e. The summed E-state index contributed by atoms with van der Waals surface area (Å²) in [6.07, 6.45) is 4.51. The Morgan fingerprint density at radius 3 is 2.64 bits per heavy atom. The lowest BCUT2D eigenvalue weighted by atomic mass is 9.93. The Morgan fingerprint density at radius 1 is 1.24 bits per heavy atom. The van der Waals surface area contributed by atoms with Crippen molar-refractivity contribution in [1.82, 2.24) is 10.2 Å². The smallest absolute Gasteiger partial charge is 0.326 e. The van der Waals surface area contributed by atoms with Crippen molar-refractivity contribution in [3.05, 3.63) is 35.9 Å². The Balaban J connectivity index is 1.65. The van der Waals surface area contributed by atoms with Crippen LogP contribution in [0.2, 0.25) is 0 Å². The Morgan fingerprint density at radius 2 is 2.00 bits per heavy atom. The topological polar surface area (TPSA) is 105 Å². The number of hydrogen-bond donors (Lipinski definition) is 2. The third kappa shape index (κ3) is 6.77. The highest BCUT2D eigenvalue weighted by molar-refractivity contribution is 5.88. The van der Waals surface area contributed by atoms with Crippen LogP contribution < -0.4 is 5.32 Å². The standard InChI is InChI=1S/C25H36N2O6/c1-3-32-25(31)20(13-12-18-9-5-4-6-10-18)26-17(2)23(28)27-16-19(15-21(27)24(29)30)22-11-7-8-14-33-22/h4-6,9-10,17,19-22,26H,3,7-8,11-16H2,1-2H3,(H,29,30)/t17-,19?,20?,21-,22?/m0/s1. The normalized spacial score (nSPS) is 24.8. The molecule has 3 rings (SSSR count). The molecule has 8 heteroatoms. The average molecular weight is 461 g/mol. The maximum atomic E-state index is 13.3. The third-order valence-electron chi connectivity index (χ3n) is 6.60. The number of benzene rings is 1. The molecule has 2 fully saturated rings. The summed E-state index contributed by atoms with van der Waals surface area (Å²) in [6, 6.07) is 7.56. The molecule has 2 heterocycles. The van der Waals surface area contributed by atoms with Gasteiger partial charge in [-0.25, -0.2) is 4.79 Å². The minimum absolute atomic E-state index is 0.000168. The second kappa shape index (κ2) is 12.1. The van der Waals surface area contributed by atoms with Crippen LogP contribution >= 0.6 is 0 Å². The summed E-state index contributed by atoms with van der Waals surface area (Å²) in [7, 11) is 0. The minimum atomic E-state index is -1.00. The van der Waals surface area contributed by atoms with E-state index in [1.165, 1.54) is 4.90 Å². The van der Waals surface area contributed by atoms with E-state index in [2.05, 4.69) is 5.32 Å². The second-order valence-corrected chi connectivity index (χ2v) is 8.96. The fraction of sp³-hybridized carbons (Fsp3) is 0.640. The van der Waals surface area contributed by atoms with Crippen molar-refractivity contribution >= 4 is 17.8 Å². The number of hydrogen-bond acceptors (Lipinski definition) is 6. The summed E-state index contributed by atoms with van der Waals surface area (Å²) in [5, 5.41) is 12.9. The molecule has 33 heavy (non-hydrogen) atoms. The molecule has 0 bridgehead atoms. The van der Waals surface area contributed by atoms with Crippen LogP contribution in [0.1, 0.15) is 51.5 Å². The molecule has 8 nitrogen and oxygen atoms in total. The quantitative estimate of drug-likeness (QED) is 0.517. The van der Waals surface area contributed by atoms with E-state index in [-0.39, 0.29) is 24.5 Å². The summed E-state index contributed by atoms with van der Waals surface area (Å²) >= 11 is 0. The predicted octanol–water partition coefficient (Wildman–Crippen LogP) is 2.40. The summed E-state index contributed by atoms with van der Waals surface area (Å²) in [4.78, 5) is 39.2. The number of ether oxygens (including phenoxy) is 2. The Labute approximate surface area is 195 Å². The van der Waals surface area contributed by atoms with Gasteiger partial charge in [-0.3, -0.25) is 14.9 Å². The van der Waals surface area contributed by atoms with Crippen LogP contribution in [0.5, 0.6) is 0 Å². The minimum Gasteiger partial charge on any atom is -0.480 e. The fourth-order valence-electron chi connectivity index (χ4n) is 4.84. The van der Waals surface area contributed by atoms with E-state index in [0.717, 1.165) is 24.8 Å². The Bertz CT molecular complexity index is 795. The average Bonchev–Trinajstić information content (AvgIpc) is 3.28. The van der Waals surface area contributed by atoms with E-state index in [4.69, 9.17) is 9.47 Å². The van der Waals surface area contributed by atoms with Crippen molar-refractivity contribution in [3.63, 3.8) is 0 Å². The van der Waals surface area contributed by atoms with E-state index >= 15 is 0 Å².